The Kier molecular flexibility index (Phi) is 10.1. The van der Waals surface area contributed by atoms with Gasteiger partial charge in [-0.1, -0.05) is 24.3 Å². The molecule has 7 heteroatoms. The van der Waals surface area contributed by atoms with Crippen molar-refractivity contribution in [3.05, 3.63) is 42.5 Å². The predicted octanol–water partition coefficient (Wildman–Crippen LogP) is -1.07. The number of rotatable bonds is 8. The van der Waals surface area contributed by atoms with Gasteiger partial charge in [-0.3, -0.25) is 4.90 Å². The molecule has 6 nitrogen and oxygen atoms in total. The molecule has 0 saturated carbocycles. The zero-order valence-corrected chi connectivity index (χ0v) is 16.0. The zero-order valence-electron chi connectivity index (χ0n) is 15.3. The molecule has 1 N–H and O–H groups in total. The van der Waals surface area contributed by atoms with E-state index < -0.39 is 6.10 Å². The number of allylic oxidation sites excluding steroid dienone is 1. The second-order valence-electron chi connectivity index (χ2n) is 6.05. The largest absolute Gasteiger partial charge is 1.00 e. The minimum Gasteiger partial charge on any atom is -1.00 e. The molecule has 1 amide bonds. The number of aliphatic hydroxyl groups excluding tert-OH is 1. The summed E-state index contributed by atoms with van der Waals surface area (Å²) in [5, 5.41) is 10.3. The van der Waals surface area contributed by atoms with Gasteiger partial charge in [0.15, 0.2) is 0 Å². The number of β-amino-alcohol motifs (C(OH)–C–C–N with tert-alkyl or cyclic N) is 1. The molecule has 1 atom stereocenters. The van der Waals surface area contributed by atoms with Crippen molar-refractivity contribution in [2.24, 2.45) is 0 Å². The molecule has 0 bridgehead atoms. The summed E-state index contributed by atoms with van der Waals surface area (Å²) in [4.78, 5) is 15.5. The topological polar surface area (TPSA) is 62.2 Å². The van der Waals surface area contributed by atoms with E-state index in [0.717, 1.165) is 30.8 Å². The highest BCUT2D eigenvalue weighted by Gasteiger charge is 2.23. The summed E-state index contributed by atoms with van der Waals surface area (Å²) in [6, 6.07) is 7.79. The number of amides is 1. The minimum atomic E-state index is -0.578. The van der Waals surface area contributed by atoms with Crippen LogP contribution in [-0.4, -0.2) is 73.0 Å². The minimum absolute atomic E-state index is 0. The van der Waals surface area contributed by atoms with E-state index in [9.17, 15) is 9.90 Å². The van der Waals surface area contributed by atoms with Crippen LogP contribution in [0.5, 0.6) is 5.75 Å². The van der Waals surface area contributed by atoms with Crippen molar-refractivity contribution < 1.29 is 31.8 Å². The van der Waals surface area contributed by atoms with Crippen LogP contribution in [0.2, 0.25) is 0 Å². The van der Waals surface area contributed by atoms with E-state index in [1.807, 2.05) is 30.3 Å². The summed E-state index contributed by atoms with van der Waals surface area (Å²) >= 11 is 0. The molecule has 1 unspecified atom stereocenters. The average Bonchev–Trinajstić information content (AvgIpc) is 2.62. The van der Waals surface area contributed by atoms with Crippen LogP contribution >= 0.6 is 0 Å². The lowest BCUT2D eigenvalue weighted by Gasteiger charge is -2.34. The van der Waals surface area contributed by atoms with Gasteiger partial charge in [0.2, 0.25) is 0 Å². The first-order chi connectivity index (χ1) is 12.1. The standard InChI is InChI=1S/C19H28N2O4.ClH/c1-3-7-16-8-5-6-9-18(16)25-15-17(22)14-20-10-12-21(13-11-20)19(23)24-4-2;/h3,5-6,8-9,17,22H,1,4,7,10-15H2,2H3;1H/p-1. The Bertz CT molecular complexity index is 562. The molecule has 1 aliphatic heterocycles. The highest BCUT2D eigenvalue weighted by Crippen LogP contribution is 2.19. The molecule has 2 rings (SSSR count). The fourth-order valence-corrected chi connectivity index (χ4v) is 2.83. The number of para-hydroxylation sites is 1. The van der Waals surface area contributed by atoms with Crippen molar-refractivity contribution in [2.75, 3.05) is 45.9 Å². The monoisotopic (exact) mass is 383 g/mol. The van der Waals surface area contributed by atoms with Gasteiger partial charge in [0.05, 0.1) is 6.61 Å². The molecule has 0 aromatic heterocycles. The number of hydrogen-bond donors (Lipinski definition) is 1. The third kappa shape index (κ3) is 6.86. The summed E-state index contributed by atoms with van der Waals surface area (Å²) in [5.41, 5.74) is 1.06. The van der Waals surface area contributed by atoms with Gasteiger partial charge in [-0.15, -0.1) is 6.58 Å². The number of carbonyl (C=O) groups excluding carboxylic acids is 1. The van der Waals surface area contributed by atoms with Crippen molar-refractivity contribution in [3.63, 3.8) is 0 Å². The molecule has 1 aliphatic rings. The summed E-state index contributed by atoms with van der Waals surface area (Å²) in [6.45, 7) is 9.41. The van der Waals surface area contributed by atoms with Gasteiger partial charge in [-0.25, -0.2) is 4.79 Å². The van der Waals surface area contributed by atoms with Crippen molar-refractivity contribution in [1.82, 2.24) is 9.80 Å². The molecule has 1 aromatic carbocycles. The number of aliphatic hydroxyl groups is 1. The quantitative estimate of drug-likeness (QED) is 0.579. The lowest BCUT2D eigenvalue weighted by molar-refractivity contribution is -0.0000195. The van der Waals surface area contributed by atoms with E-state index in [-0.39, 0.29) is 25.1 Å². The molecule has 1 fully saturated rings. The van der Waals surface area contributed by atoms with Crippen LogP contribution in [0, 0.1) is 0 Å². The first kappa shape index (κ1) is 22.3. The number of piperazine rings is 1. The van der Waals surface area contributed by atoms with Gasteiger partial charge in [-0.05, 0) is 25.0 Å². The number of nitrogens with zero attached hydrogens (tertiary/aromatic N) is 2. The first-order valence-corrected chi connectivity index (χ1v) is 8.77. The Morgan fingerprint density at radius 2 is 2.00 bits per heavy atom. The summed E-state index contributed by atoms with van der Waals surface area (Å²) in [7, 11) is 0. The third-order valence-corrected chi connectivity index (χ3v) is 4.14. The third-order valence-electron chi connectivity index (χ3n) is 4.14. The Labute approximate surface area is 161 Å². The maximum atomic E-state index is 11.7. The summed E-state index contributed by atoms with van der Waals surface area (Å²) in [5.74, 6) is 0.786. The van der Waals surface area contributed by atoms with Gasteiger partial charge < -0.3 is 31.9 Å². The molecule has 146 valence electrons. The second kappa shape index (κ2) is 11.8. The van der Waals surface area contributed by atoms with Gasteiger partial charge in [0.1, 0.15) is 18.5 Å². The maximum Gasteiger partial charge on any atom is 0.409 e. The second-order valence-corrected chi connectivity index (χ2v) is 6.05. The Morgan fingerprint density at radius 3 is 2.65 bits per heavy atom. The van der Waals surface area contributed by atoms with Crippen LogP contribution in [0.1, 0.15) is 12.5 Å². The average molecular weight is 384 g/mol. The number of hydrogen-bond acceptors (Lipinski definition) is 5. The molecule has 1 heterocycles. The first-order valence-electron chi connectivity index (χ1n) is 8.77. The molecule has 0 spiro atoms. The zero-order chi connectivity index (χ0) is 18.1. The van der Waals surface area contributed by atoms with Crippen LogP contribution in [0.15, 0.2) is 36.9 Å². The van der Waals surface area contributed by atoms with Crippen LogP contribution in [0.25, 0.3) is 0 Å². The number of ether oxygens (including phenoxy) is 2. The van der Waals surface area contributed by atoms with Gasteiger partial charge >= 0.3 is 6.09 Å². The molecular formula is C19H28ClN2O4-. The van der Waals surface area contributed by atoms with E-state index in [1.54, 1.807) is 11.8 Å². The highest BCUT2D eigenvalue weighted by molar-refractivity contribution is 5.67. The van der Waals surface area contributed by atoms with Crippen LogP contribution < -0.4 is 17.1 Å². The molecular weight excluding hydrogens is 356 g/mol. The van der Waals surface area contributed by atoms with Crippen molar-refractivity contribution in [2.45, 2.75) is 19.4 Å². The number of benzene rings is 1. The van der Waals surface area contributed by atoms with Gasteiger partial charge in [0.25, 0.3) is 0 Å². The predicted molar refractivity (Wildman–Crippen MR) is 96.9 cm³/mol. The van der Waals surface area contributed by atoms with Gasteiger partial charge in [-0.2, -0.15) is 0 Å². The van der Waals surface area contributed by atoms with Crippen molar-refractivity contribution in [1.29, 1.82) is 0 Å². The molecule has 26 heavy (non-hydrogen) atoms. The Balaban J connectivity index is 0.00000338. The molecule has 0 radical (unpaired) electrons. The maximum absolute atomic E-state index is 11.7. The lowest BCUT2D eigenvalue weighted by Crippen LogP contribution is -3.00. The fraction of sp³-hybridized carbons (Fsp3) is 0.526. The van der Waals surface area contributed by atoms with E-state index in [1.165, 1.54) is 0 Å². The summed E-state index contributed by atoms with van der Waals surface area (Å²) in [6.07, 6.45) is 1.74. The SMILES string of the molecule is C=CCc1ccccc1OCC(O)CN1CCN(C(=O)OCC)CC1.[Cl-]. The molecule has 0 aliphatic carbocycles. The normalized spacial score (nSPS) is 15.7. The lowest BCUT2D eigenvalue weighted by atomic mass is 10.1. The Morgan fingerprint density at radius 1 is 1.31 bits per heavy atom. The Hall–Kier alpha value is -1.76. The van der Waals surface area contributed by atoms with E-state index in [0.29, 0.717) is 26.2 Å². The van der Waals surface area contributed by atoms with E-state index >= 15 is 0 Å². The van der Waals surface area contributed by atoms with Crippen molar-refractivity contribution >= 4 is 6.09 Å². The van der Waals surface area contributed by atoms with Crippen molar-refractivity contribution in [3.8, 4) is 5.75 Å². The highest BCUT2D eigenvalue weighted by atomic mass is 35.5. The number of carbonyl (C=O) groups is 1. The van der Waals surface area contributed by atoms with E-state index in [4.69, 9.17) is 9.47 Å². The summed E-state index contributed by atoms with van der Waals surface area (Å²) < 4.78 is 10.8. The fourth-order valence-electron chi connectivity index (χ4n) is 2.83. The van der Waals surface area contributed by atoms with Crippen LogP contribution in [0.4, 0.5) is 4.79 Å². The molecule has 1 aromatic rings. The van der Waals surface area contributed by atoms with E-state index in [2.05, 4.69) is 11.5 Å². The molecule has 1 saturated heterocycles. The van der Waals surface area contributed by atoms with Gasteiger partial charge in [0, 0.05) is 32.7 Å². The van der Waals surface area contributed by atoms with Crippen LogP contribution in [-0.2, 0) is 11.2 Å². The smallest absolute Gasteiger partial charge is 0.409 e. The number of halogens is 1. The van der Waals surface area contributed by atoms with Crippen LogP contribution in [0.3, 0.4) is 0 Å².